The second-order valence-electron chi connectivity index (χ2n) is 4.70. The molecule has 0 saturated heterocycles. The Hall–Kier alpha value is -3.02. The Labute approximate surface area is 138 Å². The van der Waals surface area contributed by atoms with Crippen molar-refractivity contribution in [3.63, 3.8) is 0 Å². The van der Waals surface area contributed by atoms with Crippen LogP contribution in [0.1, 0.15) is 18.1 Å². The molecule has 6 heteroatoms. The van der Waals surface area contributed by atoms with E-state index in [1.807, 2.05) is 12.1 Å². The lowest BCUT2D eigenvalue weighted by Crippen LogP contribution is -2.30. The Morgan fingerprint density at radius 2 is 1.74 bits per heavy atom. The number of hydrogen-bond acceptors (Lipinski definition) is 4. The SMILES string of the molecule is C[C@H](Oc1ccc(C#N)cc1Cl)C(=O)Nc1ccc(C#N)cc1. The van der Waals surface area contributed by atoms with E-state index in [-0.39, 0.29) is 10.9 Å². The Kier molecular flexibility index (Phi) is 5.19. The van der Waals surface area contributed by atoms with Crippen LogP contribution in [0.15, 0.2) is 42.5 Å². The molecule has 0 bridgehead atoms. The van der Waals surface area contributed by atoms with Crippen molar-refractivity contribution in [2.45, 2.75) is 13.0 Å². The van der Waals surface area contributed by atoms with Gasteiger partial charge in [0.25, 0.3) is 5.91 Å². The molecule has 5 nitrogen and oxygen atoms in total. The van der Waals surface area contributed by atoms with Gasteiger partial charge in [0.05, 0.1) is 28.3 Å². The minimum absolute atomic E-state index is 0.266. The van der Waals surface area contributed by atoms with Crippen molar-refractivity contribution in [3.8, 4) is 17.9 Å². The lowest BCUT2D eigenvalue weighted by molar-refractivity contribution is -0.122. The third-order valence-corrected chi connectivity index (χ3v) is 3.31. The van der Waals surface area contributed by atoms with Crippen LogP contribution < -0.4 is 10.1 Å². The molecular formula is C17H12ClN3O2. The third kappa shape index (κ3) is 4.23. The number of rotatable bonds is 4. The standard InChI is InChI=1S/C17H12ClN3O2/c1-11(23-16-7-4-13(10-20)8-15(16)18)17(22)21-14-5-2-12(9-19)3-6-14/h2-8,11H,1H3,(H,21,22)/t11-/m0/s1. The summed E-state index contributed by atoms with van der Waals surface area (Å²) in [5.74, 6) is -0.0247. The van der Waals surface area contributed by atoms with Crippen LogP contribution in [0.25, 0.3) is 0 Å². The van der Waals surface area contributed by atoms with Gasteiger partial charge in [-0.2, -0.15) is 10.5 Å². The van der Waals surface area contributed by atoms with Gasteiger partial charge in [-0.05, 0) is 49.4 Å². The maximum Gasteiger partial charge on any atom is 0.265 e. The summed E-state index contributed by atoms with van der Waals surface area (Å²) in [6.45, 7) is 1.59. The fourth-order valence-electron chi connectivity index (χ4n) is 1.78. The van der Waals surface area contributed by atoms with Crippen molar-refractivity contribution in [2.24, 2.45) is 0 Å². The van der Waals surface area contributed by atoms with Gasteiger partial charge in [-0.25, -0.2) is 0 Å². The number of nitrogens with zero attached hydrogens (tertiary/aromatic N) is 2. The molecular weight excluding hydrogens is 314 g/mol. The Bertz CT molecular complexity index is 804. The largest absolute Gasteiger partial charge is 0.479 e. The number of ether oxygens (including phenoxy) is 1. The molecule has 0 aliphatic heterocycles. The second kappa shape index (κ2) is 7.31. The maximum absolute atomic E-state index is 12.1. The van der Waals surface area contributed by atoms with E-state index in [0.29, 0.717) is 22.6 Å². The molecule has 1 atom stereocenters. The zero-order chi connectivity index (χ0) is 16.8. The molecule has 1 N–H and O–H groups in total. The summed E-state index contributed by atoms with van der Waals surface area (Å²) in [7, 11) is 0. The molecule has 1 amide bonds. The highest BCUT2D eigenvalue weighted by atomic mass is 35.5. The van der Waals surface area contributed by atoms with Crippen molar-refractivity contribution >= 4 is 23.2 Å². The second-order valence-corrected chi connectivity index (χ2v) is 5.10. The van der Waals surface area contributed by atoms with Gasteiger partial charge in [-0.15, -0.1) is 0 Å². The zero-order valence-corrected chi connectivity index (χ0v) is 13.0. The highest BCUT2D eigenvalue weighted by molar-refractivity contribution is 6.32. The molecule has 0 spiro atoms. The van der Waals surface area contributed by atoms with E-state index in [1.54, 1.807) is 43.3 Å². The van der Waals surface area contributed by atoms with E-state index < -0.39 is 6.10 Å². The first-order chi connectivity index (χ1) is 11.0. The van der Waals surface area contributed by atoms with Gasteiger partial charge in [-0.3, -0.25) is 4.79 Å². The Morgan fingerprint density at radius 3 is 2.30 bits per heavy atom. The lowest BCUT2D eigenvalue weighted by atomic mass is 10.2. The molecule has 0 unspecified atom stereocenters. The summed E-state index contributed by atoms with van der Waals surface area (Å²) in [5.41, 5.74) is 1.49. The number of nitriles is 2. The van der Waals surface area contributed by atoms with Crippen molar-refractivity contribution in [1.82, 2.24) is 0 Å². The van der Waals surface area contributed by atoms with Crippen LogP contribution in [0, 0.1) is 22.7 Å². The molecule has 2 aromatic carbocycles. The van der Waals surface area contributed by atoms with E-state index in [0.717, 1.165) is 0 Å². The molecule has 0 radical (unpaired) electrons. The maximum atomic E-state index is 12.1. The predicted molar refractivity (Wildman–Crippen MR) is 86.0 cm³/mol. The van der Waals surface area contributed by atoms with E-state index in [4.69, 9.17) is 26.9 Å². The fraction of sp³-hybridized carbons (Fsp3) is 0.118. The highest BCUT2D eigenvalue weighted by Gasteiger charge is 2.16. The molecule has 0 aliphatic carbocycles. The van der Waals surface area contributed by atoms with E-state index in [2.05, 4.69) is 5.32 Å². The molecule has 114 valence electrons. The van der Waals surface area contributed by atoms with Crippen LogP contribution >= 0.6 is 11.6 Å². The number of hydrogen-bond donors (Lipinski definition) is 1. The molecule has 0 aromatic heterocycles. The minimum Gasteiger partial charge on any atom is -0.479 e. The fourth-order valence-corrected chi connectivity index (χ4v) is 2.01. The van der Waals surface area contributed by atoms with Crippen molar-refractivity contribution in [3.05, 3.63) is 58.6 Å². The van der Waals surface area contributed by atoms with E-state index in [9.17, 15) is 4.79 Å². The van der Waals surface area contributed by atoms with Gasteiger partial charge in [0.2, 0.25) is 0 Å². The quantitative estimate of drug-likeness (QED) is 0.932. The van der Waals surface area contributed by atoms with E-state index >= 15 is 0 Å². The smallest absolute Gasteiger partial charge is 0.265 e. The normalized spacial score (nSPS) is 11.0. The summed E-state index contributed by atoms with van der Waals surface area (Å²) in [6.07, 6.45) is -0.781. The molecule has 23 heavy (non-hydrogen) atoms. The molecule has 0 fully saturated rings. The van der Waals surface area contributed by atoms with Gasteiger partial charge in [0.15, 0.2) is 6.10 Å². The summed E-state index contributed by atoms with van der Waals surface area (Å²) in [5, 5.41) is 20.5. The lowest BCUT2D eigenvalue weighted by Gasteiger charge is -2.15. The van der Waals surface area contributed by atoms with Gasteiger partial charge in [0, 0.05) is 5.69 Å². The number of benzene rings is 2. The van der Waals surface area contributed by atoms with Gasteiger partial charge >= 0.3 is 0 Å². The molecule has 0 heterocycles. The van der Waals surface area contributed by atoms with Crippen LogP contribution in [-0.2, 0) is 4.79 Å². The summed E-state index contributed by atoms with van der Waals surface area (Å²) in [4.78, 5) is 12.1. The summed E-state index contributed by atoms with van der Waals surface area (Å²) >= 11 is 6.01. The topological polar surface area (TPSA) is 85.9 Å². The van der Waals surface area contributed by atoms with Crippen molar-refractivity contribution in [1.29, 1.82) is 10.5 Å². The summed E-state index contributed by atoms with van der Waals surface area (Å²) < 4.78 is 5.52. The predicted octanol–water partition coefficient (Wildman–Crippen LogP) is 3.49. The van der Waals surface area contributed by atoms with Crippen LogP contribution in [0.2, 0.25) is 5.02 Å². The first-order valence-corrected chi connectivity index (χ1v) is 7.08. The van der Waals surface area contributed by atoms with E-state index in [1.165, 1.54) is 6.07 Å². The van der Waals surface area contributed by atoms with Gasteiger partial charge in [-0.1, -0.05) is 11.6 Å². The van der Waals surface area contributed by atoms with Gasteiger partial charge in [0.1, 0.15) is 5.75 Å². The van der Waals surface area contributed by atoms with Crippen LogP contribution in [0.5, 0.6) is 5.75 Å². The van der Waals surface area contributed by atoms with Crippen molar-refractivity contribution in [2.75, 3.05) is 5.32 Å². The number of halogens is 1. The minimum atomic E-state index is -0.781. The Balaban J connectivity index is 2.02. The monoisotopic (exact) mass is 325 g/mol. The number of amides is 1. The average molecular weight is 326 g/mol. The van der Waals surface area contributed by atoms with Gasteiger partial charge < -0.3 is 10.1 Å². The number of nitrogens with one attached hydrogen (secondary N) is 1. The first-order valence-electron chi connectivity index (χ1n) is 6.71. The number of carbonyl (C=O) groups is 1. The third-order valence-electron chi connectivity index (χ3n) is 3.02. The van der Waals surface area contributed by atoms with Crippen LogP contribution in [0.3, 0.4) is 0 Å². The Morgan fingerprint density at radius 1 is 1.13 bits per heavy atom. The van der Waals surface area contributed by atoms with Crippen LogP contribution in [0.4, 0.5) is 5.69 Å². The number of carbonyl (C=O) groups excluding carboxylic acids is 1. The first kappa shape index (κ1) is 16.4. The van der Waals surface area contributed by atoms with Crippen molar-refractivity contribution < 1.29 is 9.53 Å². The molecule has 0 aliphatic rings. The molecule has 2 rings (SSSR count). The number of anilines is 1. The zero-order valence-electron chi connectivity index (χ0n) is 12.2. The highest BCUT2D eigenvalue weighted by Crippen LogP contribution is 2.26. The van der Waals surface area contributed by atoms with Crippen LogP contribution in [-0.4, -0.2) is 12.0 Å². The average Bonchev–Trinajstić information content (AvgIpc) is 2.57. The molecule has 2 aromatic rings. The molecule has 0 saturated carbocycles. The summed E-state index contributed by atoms with van der Waals surface area (Å²) in [6, 6.07) is 15.1.